The second kappa shape index (κ2) is 8.45. The number of fused-ring (bicyclic) bond motifs is 1. The quantitative estimate of drug-likeness (QED) is 0.257. The van der Waals surface area contributed by atoms with Crippen LogP contribution in [0.3, 0.4) is 0 Å². The summed E-state index contributed by atoms with van der Waals surface area (Å²) in [6.45, 7) is 0. The van der Waals surface area contributed by atoms with Crippen LogP contribution < -0.4 is 0 Å². The molecule has 4 aromatic carbocycles. The standard InChI is InChI=1S/C29H17F6/c30-28(31,32)23-14-22(15-24(17-23)29(33,34)35)27-25(19-9-5-2-6-10-19)12-11-20-13-21(16-26(20)27)18-7-3-1-4-8-18/h1-17H. The summed E-state index contributed by atoms with van der Waals surface area (Å²) in [5.74, 6) is 0. The molecule has 1 aliphatic rings. The average molecular weight is 479 g/mol. The molecule has 0 aromatic heterocycles. The van der Waals surface area contributed by atoms with Crippen LogP contribution >= 0.6 is 0 Å². The van der Waals surface area contributed by atoms with E-state index in [0.29, 0.717) is 22.3 Å². The van der Waals surface area contributed by atoms with Gasteiger partial charge in [-0.3, -0.25) is 0 Å². The smallest absolute Gasteiger partial charge is 0.166 e. The van der Waals surface area contributed by atoms with Crippen molar-refractivity contribution in [3.8, 4) is 22.3 Å². The van der Waals surface area contributed by atoms with E-state index in [1.165, 1.54) is 0 Å². The van der Waals surface area contributed by atoms with Crippen LogP contribution in [0.4, 0.5) is 26.3 Å². The summed E-state index contributed by atoms with van der Waals surface area (Å²) in [5, 5.41) is 0. The summed E-state index contributed by atoms with van der Waals surface area (Å²) >= 11 is 0. The second-order valence-electron chi connectivity index (χ2n) is 8.26. The lowest BCUT2D eigenvalue weighted by Gasteiger charge is -2.19. The van der Waals surface area contributed by atoms with Crippen molar-refractivity contribution < 1.29 is 26.3 Å². The molecule has 0 nitrogen and oxygen atoms in total. The van der Waals surface area contributed by atoms with Gasteiger partial charge < -0.3 is 0 Å². The van der Waals surface area contributed by atoms with E-state index < -0.39 is 23.5 Å². The van der Waals surface area contributed by atoms with Crippen molar-refractivity contribution in [1.82, 2.24) is 0 Å². The number of halogens is 6. The minimum atomic E-state index is -4.93. The van der Waals surface area contributed by atoms with Gasteiger partial charge in [0, 0.05) is 6.42 Å². The van der Waals surface area contributed by atoms with Crippen molar-refractivity contribution in [1.29, 1.82) is 0 Å². The van der Waals surface area contributed by atoms with Gasteiger partial charge in [-0.15, -0.1) is 0 Å². The SMILES string of the molecule is FC(F)(F)c1cc(-c2c(-c3ccccc3)ccc3c2C=C(c2ccccc2)[CH]3)cc(C(F)(F)F)c1. The van der Waals surface area contributed by atoms with Crippen LogP contribution in [0.2, 0.25) is 0 Å². The molecule has 0 atom stereocenters. The highest BCUT2D eigenvalue weighted by atomic mass is 19.4. The summed E-state index contributed by atoms with van der Waals surface area (Å²) in [7, 11) is 0. The maximum Gasteiger partial charge on any atom is 0.416 e. The van der Waals surface area contributed by atoms with E-state index in [0.717, 1.165) is 28.8 Å². The molecule has 0 bridgehead atoms. The summed E-state index contributed by atoms with van der Waals surface area (Å²) in [5.41, 5.74) is 1.79. The van der Waals surface area contributed by atoms with Crippen molar-refractivity contribution in [3.05, 3.63) is 125 Å². The molecule has 0 fully saturated rings. The van der Waals surface area contributed by atoms with Crippen LogP contribution in [0.5, 0.6) is 0 Å². The van der Waals surface area contributed by atoms with Gasteiger partial charge in [0.05, 0.1) is 11.1 Å². The predicted molar refractivity (Wildman–Crippen MR) is 125 cm³/mol. The van der Waals surface area contributed by atoms with Crippen molar-refractivity contribution in [3.63, 3.8) is 0 Å². The molecule has 0 heterocycles. The Bertz CT molecular complexity index is 1380. The summed E-state index contributed by atoms with van der Waals surface area (Å²) in [4.78, 5) is 0. The molecule has 0 spiro atoms. The lowest BCUT2D eigenvalue weighted by atomic mass is 9.87. The van der Waals surface area contributed by atoms with Crippen LogP contribution in [0.25, 0.3) is 33.9 Å². The molecule has 0 N–H and O–H groups in total. The monoisotopic (exact) mass is 479 g/mol. The summed E-state index contributed by atoms with van der Waals surface area (Å²) < 4.78 is 81.9. The van der Waals surface area contributed by atoms with Gasteiger partial charge >= 0.3 is 12.4 Å². The van der Waals surface area contributed by atoms with Crippen molar-refractivity contribution in [2.45, 2.75) is 12.4 Å². The van der Waals surface area contributed by atoms with E-state index in [-0.39, 0.29) is 11.6 Å². The first-order valence-electron chi connectivity index (χ1n) is 10.8. The number of allylic oxidation sites excluding steroid dienone is 1. The molecule has 0 unspecified atom stereocenters. The van der Waals surface area contributed by atoms with Gasteiger partial charge in [0.15, 0.2) is 0 Å². The fourth-order valence-corrected chi connectivity index (χ4v) is 4.35. The molecule has 0 amide bonds. The van der Waals surface area contributed by atoms with Gasteiger partial charge in [-0.2, -0.15) is 26.3 Å². The molecule has 5 rings (SSSR count). The highest BCUT2D eigenvalue weighted by Gasteiger charge is 2.37. The zero-order chi connectivity index (χ0) is 24.8. The van der Waals surface area contributed by atoms with Gasteiger partial charge in [0.1, 0.15) is 0 Å². The first-order chi connectivity index (χ1) is 16.6. The summed E-state index contributed by atoms with van der Waals surface area (Å²) in [6, 6.07) is 23.6. The van der Waals surface area contributed by atoms with Crippen molar-refractivity contribution in [2.24, 2.45) is 0 Å². The third-order valence-electron chi connectivity index (χ3n) is 5.96. The Hall–Kier alpha value is -3.80. The van der Waals surface area contributed by atoms with Gasteiger partial charge in [0.2, 0.25) is 0 Å². The zero-order valence-electron chi connectivity index (χ0n) is 18.1. The molecule has 4 aromatic rings. The van der Waals surface area contributed by atoms with Crippen molar-refractivity contribution >= 4 is 11.6 Å². The number of benzene rings is 4. The molecule has 0 saturated carbocycles. The Morgan fingerprint density at radius 2 is 1.06 bits per heavy atom. The lowest BCUT2D eigenvalue weighted by Crippen LogP contribution is -2.11. The highest BCUT2D eigenvalue weighted by molar-refractivity contribution is 6.02. The fourth-order valence-electron chi connectivity index (χ4n) is 4.35. The average Bonchev–Trinajstić information content (AvgIpc) is 3.27. The normalized spacial score (nSPS) is 13.5. The number of alkyl halides is 6. The molecule has 175 valence electrons. The number of hydrogen-bond donors (Lipinski definition) is 0. The molecule has 35 heavy (non-hydrogen) atoms. The predicted octanol–water partition coefficient (Wildman–Crippen LogP) is 9.16. The summed E-state index contributed by atoms with van der Waals surface area (Å²) in [6.07, 6.45) is -6.16. The third-order valence-corrected chi connectivity index (χ3v) is 5.96. The van der Waals surface area contributed by atoms with E-state index in [4.69, 9.17) is 0 Å². The van der Waals surface area contributed by atoms with Crippen molar-refractivity contribution in [2.75, 3.05) is 0 Å². The topological polar surface area (TPSA) is 0 Å². The van der Waals surface area contributed by atoms with E-state index in [2.05, 4.69) is 0 Å². The Kier molecular flexibility index (Phi) is 5.55. The molecule has 1 radical (unpaired) electrons. The van der Waals surface area contributed by atoms with E-state index in [9.17, 15) is 26.3 Å². The van der Waals surface area contributed by atoms with E-state index >= 15 is 0 Å². The zero-order valence-corrected chi connectivity index (χ0v) is 18.1. The van der Waals surface area contributed by atoms with E-state index in [1.807, 2.05) is 48.9 Å². The minimum absolute atomic E-state index is 0.137. The third kappa shape index (κ3) is 4.48. The Morgan fingerprint density at radius 3 is 1.60 bits per heavy atom. The maximum absolute atomic E-state index is 13.6. The largest absolute Gasteiger partial charge is 0.416 e. The van der Waals surface area contributed by atoms with Crippen LogP contribution in [0.15, 0.2) is 91.0 Å². The molecule has 0 aliphatic heterocycles. The molecule has 6 heteroatoms. The van der Waals surface area contributed by atoms with Gasteiger partial charge in [0.25, 0.3) is 0 Å². The number of rotatable bonds is 3. The molecule has 0 saturated heterocycles. The lowest BCUT2D eigenvalue weighted by molar-refractivity contribution is -0.143. The Morgan fingerprint density at radius 1 is 0.514 bits per heavy atom. The van der Waals surface area contributed by atoms with Crippen LogP contribution in [0, 0.1) is 6.42 Å². The van der Waals surface area contributed by atoms with Crippen LogP contribution in [-0.4, -0.2) is 0 Å². The highest BCUT2D eigenvalue weighted by Crippen LogP contribution is 2.46. The second-order valence-corrected chi connectivity index (χ2v) is 8.26. The Balaban J connectivity index is 1.81. The fraction of sp³-hybridized carbons (Fsp3) is 0.0690. The van der Waals surface area contributed by atoms with Crippen LogP contribution in [-0.2, 0) is 12.4 Å². The number of hydrogen-bond acceptors (Lipinski definition) is 0. The Labute approximate surface area is 198 Å². The van der Waals surface area contributed by atoms with Gasteiger partial charge in [-0.05, 0) is 68.8 Å². The molecule has 1 aliphatic carbocycles. The molecular formula is C29H17F6. The maximum atomic E-state index is 13.6. The van der Waals surface area contributed by atoms with Gasteiger partial charge in [-0.25, -0.2) is 0 Å². The first-order valence-corrected chi connectivity index (χ1v) is 10.8. The van der Waals surface area contributed by atoms with Gasteiger partial charge in [-0.1, -0.05) is 72.8 Å². The minimum Gasteiger partial charge on any atom is -0.166 e. The van der Waals surface area contributed by atoms with E-state index in [1.54, 1.807) is 36.4 Å². The van der Waals surface area contributed by atoms with Crippen LogP contribution in [0.1, 0.15) is 27.8 Å². The first kappa shape index (κ1) is 23.0. The molecular weight excluding hydrogens is 462 g/mol.